The molecule has 0 radical (unpaired) electrons. The maximum absolute atomic E-state index is 13.6. The van der Waals surface area contributed by atoms with Crippen molar-refractivity contribution in [1.82, 2.24) is 10.6 Å². The first kappa shape index (κ1) is 17.1. The summed E-state index contributed by atoms with van der Waals surface area (Å²) in [6.45, 7) is 7.35. The van der Waals surface area contributed by atoms with Crippen molar-refractivity contribution in [3.05, 3.63) is 35.1 Å². The molecule has 0 saturated heterocycles. The van der Waals surface area contributed by atoms with Gasteiger partial charge >= 0.3 is 5.97 Å². The van der Waals surface area contributed by atoms with Gasteiger partial charge in [-0.3, -0.25) is 4.79 Å². The molecule has 1 amide bonds. The molecule has 116 valence electrons. The summed E-state index contributed by atoms with van der Waals surface area (Å²) in [4.78, 5) is 22.7. The number of carbonyl (C=O) groups is 2. The van der Waals surface area contributed by atoms with Crippen LogP contribution >= 0.6 is 0 Å². The van der Waals surface area contributed by atoms with Crippen LogP contribution in [0.15, 0.2) is 18.2 Å². The van der Waals surface area contributed by atoms with E-state index in [-0.39, 0.29) is 29.1 Å². The fourth-order valence-electron chi connectivity index (χ4n) is 1.68. The minimum atomic E-state index is -1.12. The number of carboxylic acid groups (broad SMARTS) is 1. The first-order valence-electron chi connectivity index (χ1n) is 6.67. The minimum Gasteiger partial charge on any atom is -0.478 e. The number of hydrogen-bond acceptors (Lipinski definition) is 3. The van der Waals surface area contributed by atoms with E-state index >= 15 is 0 Å². The van der Waals surface area contributed by atoms with Crippen LogP contribution in [0.2, 0.25) is 0 Å². The van der Waals surface area contributed by atoms with Gasteiger partial charge in [-0.25, -0.2) is 9.18 Å². The standard InChI is InChI=1S/C15H21FN2O3/c1-9(13(19)18-15(2,3)4)17-8-11-7-10(14(20)21)5-6-12(11)16/h5-7,9,17H,8H2,1-4H3,(H,18,19)(H,20,21). The third-order valence-corrected chi connectivity index (χ3v) is 2.78. The van der Waals surface area contributed by atoms with Crippen LogP contribution in [0.25, 0.3) is 0 Å². The highest BCUT2D eigenvalue weighted by molar-refractivity contribution is 5.87. The zero-order valence-corrected chi connectivity index (χ0v) is 12.7. The van der Waals surface area contributed by atoms with Gasteiger partial charge in [0.25, 0.3) is 0 Å². The molecule has 3 N–H and O–H groups in total. The van der Waals surface area contributed by atoms with Gasteiger partial charge in [0.1, 0.15) is 5.82 Å². The number of carboxylic acids is 1. The topological polar surface area (TPSA) is 78.4 Å². The Morgan fingerprint density at radius 1 is 1.33 bits per heavy atom. The van der Waals surface area contributed by atoms with Crippen molar-refractivity contribution in [3.63, 3.8) is 0 Å². The molecular formula is C15H21FN2O3. The van der Waals surface area contributed by atoms with Crippen molar-refractivity contribution in [2.45, 2.75) is 45.8 Å². The van der Waals surface area contributed by atoms with Gasteiger partial charge in [-0.2, -0.15) is 0 Å². The molecule has 0 bridgehead atoms. The van der Waals surface area contributed by atoms with Crippen LogP contribution in [0.5, 0.6) is 0 Å². The van der Waals surface area contributed by atoms with E-state index in [1.807, 2.05) is 20.8 Å². The van der Waals surface area contributed by atoms with Gasteiger partial charge < -0.3 is 15.7 Å². The average molecular weight is 296 g/mol. The Morgan fingerprint density at radius 2 is 1.95 bits per heavy atom. The second-order valence-electron chi connectivity index (χ2n) is 5.95. The first-order valence-corrected chi connectivity index (χ1v) is 6.67. The van der Waals surface area contributed by atoms with Gasteiger partial charge in [0.05, 0.1) is 11.6 Å². The number of aromatic carboxylic acids is 1. The van der Waals surface area contributed by atoms with Crippen molar-refractivity contribution >= 4 is 11.9 Å². The lowest BCUT2D eigenvalue weighted by atomic mass is 10.1. The van der Waals surface area contributed by atoms with Crippen molar-refractivity contribution in [2.24, 2.45) is 0 Å². The highest BCUT2D eigenvalue weighted by Gasteiger charge is 2.19. The summed E-state index contributed by atoms with van der Waals surface area (Å²) in [7, 11) is 0. The Labute approximate surface area is 123 Å². The normalized spacial score (nSPS) is 12.8. The Kier molecular flexibility index (Phi) is 5.43. The largest absolute Gasteiger partial charge is 0.478 e. The second kappa shape index (κ2) is 6.67. The SMILES string of the molecule is CC(NCc1cc(C(=O)O)ccc1F)C(=O)NC(C)(C)C. The zero-order chi connectivity index (χ0) is 16.2. The van der Waals surface area contributed by atoms with Crippen LogP contribution in [-0.2, 0) is 11.3 Å². The lowest BCUT2D eigenvalue weighted by Gasteiger charge is -2.23. The van der Waals surface area contributed by atoms with E-state index in [0.29, 0.717) is 0 Å². The summed E-state index contributed by atoms with van der Waals surface area (Å²) in [6.07, 6.45) is 0. The maximum Gasteiger partial charge on any atom is 0.335 e. The lowest BCUT2D eigenvalue weighted by molar-refractivity contribution is -0.124. The number of carbonyl (C=O) groups excluding carboxylic acids is 1. The molecule has 0 aromatic heterocycles. The Morgan fingerprint density at radius 3 is 2.48 bits per heavy atom. The molecule has 0 saturated carbocycles. The number of benzene rings is 1. The average Bonchev–Trinajstić information content (AvgIpc) is 2.35. The molecule has 0 aliphatic carbocycles. The van der Waals surface area contributed by atoms with E-state index in [9.17, 15) is 14.0 Å². The predicted molar refractivity (Wildman–Crippen MR) is 77.6 cm³/mol. The van der Waals surface area contributed by atoms with Crippen molar-refractivity contribution < 1.29 is 19.1 Å². The van der Waals surface area contributed by atoms with Crippen molar-refractivity contribution in [1.29, 1.82) is 0 Å². The molecule has 21 heavy (non-hydrogen) atoms. The van der Waals surface area contributed by atoms with E-state index in [1.165, 1.54) is 12.1 Å². The van der Waals surface area contributed by atoms with E-state index in [4.69, 9.17) is 5.11 Å². The van der Waals surface area contributed by atoms with Gasteiger partial charge in [0.15, 0.2) is 0 Å². The molecule has 0 heterocycles. The highest BCUT2D eigenvalue weighted by Crippen LogP contribution is 2.11. The number of nitrogens with one attached hydrogen (secondary N) is 2. The number of halogens is 1. The van der Waals surface area contributed by atoms with Crippen LogP contribution in [-0.4, -0.2) is 28.6 Å². The van der Waals surface area contributed by atoms with Gasteiger partial charge in [-0.15, -0.1) is 0 Å². The van der Waals surface area contributed by atoms with Crippen LogP contribution in [0.1, 0.15) is 43.6 Å². The Balaban J connectivity index is 2.68. The van der Waals surface area contributed by atoms with Crippen LogP contribution < -0.4 is 10.6 Å². The third kappa shape index (κ3) is 5.51. The third-order valence-electron chi connectivity index (χ3n) is 2.78. The predicted octanol–water partition coefficient (Wildman–Crippen LogP) is 1.92. The monoisotopic (exact) mass is 296 g/mol. The van der Waals surface area contributed by atoms with E-state index in [0.717, 1.165) is 6.07 Å². The molecule has 6 heteroatoms. The fourth-order valence-corrected chi connectivity index (χ4v) is 1.68. The maximum atomic E-state index is 13.6. The smallest absolute Gasteiger partial charge is 0.335 e. The molecule has 1 atom stereocenters. The number of amides is 1. The summed E-state index contributed by atoms with van der Waals surface area (Å²) in [5.41, 5.74) is -0.119. The lowest BCUT2D eigenvalue weighted by Crippen LogP contribution is -2.49. The van der Waals surface area contributed by atoms with E-state index in [1.54, 1.807) is 6.92 Å². The summed E-state index contributed by atoms with van der Waals surface area (Å²) < 4.78 is 13.6. The minimum absolute atomic E-state index is 0.0139. The van der Waals surface area contributed by atoms with Gasteiger partial charge in [0, 0.05) is 17.6 Å². The molecule has 0 fully saturated rings. The molecule has 0 aliphatic rings. The molecule has 1 aromatic carbocycles. The van der Waals surface area contributed by atoms with Gasteiger partial charge in [-0.05, 0) is 45.9 Å². The number of rotatable bonds is 5. The molecule has 0 spiro atoms. The van der Waals surface area contributed by atoms with Crippen LogP contribution in [0, 0.1) is 5.82 Å². The van der Waals surface area contributed by atoms with Gasteiger partial charge in [-0.1, -0.05) is 0 Å². The molecule has 1 rings (SSSR count). The van der Waals surface area contributed by atoms with E-state index in [2.05, 4.69) is 10.6 Å². The molecule has 1 aromatic rings. The molecule has 5 nitrogen and oxygen atoms in total. The van der Waals surface area contributed by atoms with Crippen molar-refractivity contribution in [2.75, 3.05) is 0 Å². The molecule has 1 unspecified atom stereocenters. The fraction of sp³-hybridized carbons (Fsp3) is 0.467. The second-order valence-corrected chi connectivity index (χ2v) is 5.95. The first-order chi connectivity index (χ1) is 9.60. The van der Waals surface area contributed by atoms with Crippen molar-refractivity contribution in [3.8, 4) is 0 Å². The van der Waals surface area contributed by atoms with Crippen LogP contribution in [0.3, 0.4) is 0 Å². The molecule has 0 aliphatic heterocycles. The van der Waals surface area contributed by atoms with E-state index < -0.39 is 17.8 Å². The number of hydrogen-bond donors (Lipinski definition) is 3. The van der Waals surface area contributed by atoms with Gasteiger partial charge in [0.2, 0.25) is 5.91 Å². The summed E-state index contributed by atoms with van der Waals surface area (Å²) in [5, 5.41) is 14.6. The Bertz CT molecular complexity index is 538. The Hall–Kier alpha value is -1.95. The summed E-state index contributed by atoms with van der Waals surface area (Å²) >= 11 is 0. The summed E-state index contributed by atoms with van der Waals surface area (Å²) in [5.74, 6) is -1.82. The zero-order valence-electron chi connectivity index (χ0n) is 12.7. The molecular weight excluding hydrogens is 275 g/mol. The van der Waals surface area contributed by atoms with Crippen LogP contribution in [0.4, 0.5) is 4.39 Å². The highest BCUT2D eigenvalue weighted by atomic mass is 19.1. The summed E-state index contributed by atoms with van der Waals surface area (Å²) in [6, 6.07) is 3.06. The quantitative estimate of drug-likeness (QED) is 0.775.